The van der Waals surface area contributed by atoms with E-state index in [-0.39, 0.29) is 5.91 Å². The van der Waals surface area contributed by atoms with E-state index in [0.717, 1.165) is 44.2 Å². The van der Waals surface area contributed by atoms with Gasteiger partial charge < -0.3 is 4.90 Å². The number of piperazine rings is 1. The van der Waals surface area contributed by atoms with Crippen LogP contribution < -0.4 is 0 Å². The Labute approximate surface area is 153 Å². The zero-order valence-corrected chi connectivity index (χ0v) is 15.6. The van der Waals surface area contributed by atoms with Crippen LogP contribution in [0.15, 0.2) is 41.6 Å². The van der Waals surface area contributed by atoms with Crippen molar-refractivity contribution >= 4 is 17.7 Å². The molecule has 0 spiro atoms. The zero-order chi connectivity index (χ0) is 17.6. The van der Waals surface area contributed by atoms with Crippen molar-refractivity contribution in [1.29, 1.82) is 0 Å². The molecule has 3 rings (SSSR count). The van der Waals surface area contributed by atoms with Gasteiger partial charge in [-0.25, -0.2) is 9.97 Å². The average molecular weight is 356 g/mol. The molecule has 0 aliphatic carbocycles. The molecule has 1 amide bonds. The molecule has 1 aliphatic heterocycles. The Morgan fingerprint density at radius 1 is 1.12 bits per heavy atom. The van der Waals surface area contributed by atoms with Gasteiger partial charge in [0.1, 0.15) is 5.69 Å². The normalized spacial score (nSPS) is 15.4. The summed E-state index contributed by atoms with van der Waals surface area (Å²) < 4.78 is 0. The lowest BCUT2D eigenvalue weighted by Crippen LogP contribution is -2.48. The molecule has 1 saturated heterocycles. The summed E-state index contributed by atoms with van der Waals surface area (Å²) in [6, 6.07) is 12.3. The van der Waals surface area contributed by atoms with Crippen molar-refractivity contribution in [3.63, 3.8) is 0 Å². The van der Waals surface area contributed by atoms with E-state index >= 15 is 0 Å². The van der Waals surface area contributed by atoms with Crippen LogP contribution in [0.25, 0.3) is 0 Å². The van der Waals surface area contributed by atoms with Crippen LogP contribution in [0.1, 0.15) is 28.7 Å². The van der Waals surface area contributed by atoms with E-state index in [0.29, 0.717) is 10.9 Å². The van der Waals surface area contributed by atoms with E-state index in [2.05, 4.69) is 46.1 Å². The standard InChI is InChI=1S/C19H24N4OS/c1-3-25-19-20-15(2)13-17(21-19)18(24)23-11-9-22(10-12-23)14-16-7-5-4-6-8-16/h4-8,13H,3,9-12,14H2,1-2H3. The molecule has 25 heavy (non-hydrogen) atoms. The first-order chi connectivity index (χ1) is 12.2. The van der Waals surface area contributed by atoms with Gasteiger partial charge in [0, 0.05) is 38.4 Å². The molecular formula is C19H24N4OS. The number of hydrogen-bond donors (Lipinski definition) is 0. The molecule has 1 aromatic heterocycles. The largest absolute Gasteiger partial charge is 0.335 e. The highest BCUT2D eigenvalue weighted by atomic mass is 32.2. The first-order valence-electron chi connectivity index (χ1n) is 8.69. The van der Waals surface area contributed by atoms with Crippen molar-refractivity contribution in [1.82, 2.24) is 19.8 Å². The highest BCUT2D eigenvalue weighted by Gasteiger charge is 2.23. The van der Waals surface area contributed by atoms with Gasteiger partial charge in [-0.15, -0.1) is 0 Å². The molecule has 0 bridgehead atoms. The number of amides is 1. The number of carbonyl (C=O) groups excluding carboxylic acids is 1. The molecule has 2 aromatic rings. The number of nitrogens with zero attached hydrogens (tertiary/aromatic N) is 4. The quantitative estimate of drug-likeness (QED) is 0.609. The monoisotopic (exact) mass is 356 g/mol. The van der Waals surface area contributed by atoms with Gasteiger partial charge in [-0.1, -0.05) is 49.0 Å². The lowest BCUT2D eigenvalue weighted by atomic mass is 10.2. The number of rotatable bonds is 5. The smallest absolute Gasteiger partial charge is 0.272 e. The number of benzene rings is 1. The Morgan fingerprint density at radius 2 is 1.84 bits per heavy atom. The maximum Gasteiger partial charge on any atom is 0.272 e. The van der Waals surface area contributed by atoms with E-state index in [9.17, 15) is 4.79 Å². The summed E-state index contributed by atoms with van der Waals surface area (Å²) >= 11 is 1.57. The Bertz CT molecular complexity index is 715. The third-order valence-corrected chi connectivity index (χ3v) is 4.96. The van der Waals surface area contributed by atoms with Crippen LogP contribution in [0.4, 0.5) is 0 Å². The zero-order valence-electron chi connectivity index (χ0n) is 14.8. The van der Waals surface area contributed by atoms with Gasteiger partial charge in [0.2, 0.25) is 0 Å². The lowest BCUT2D eigenvalue weighted by Gasteiger charge is -2.34. The number of aryl methyl sites for hydroxylation is 1. The second kappa shape index (κ2) is 8.45. The molecule has 0 saturated carbocycles. The fraction of sp³-hybridized carbons (Fsp3) is 0.421. The average Bonchev–Trinajstić information content (AvgIpc) is 2.62. The van der Waals surface area contributed by atoms with Gasteiger partial charge in [0.05, 0.1) is 0 Å². The van der Waals surface area contributed by atoms with Crippen LogP contribution >= 0.6 is 11.8 Å². The van der Waals surface area contributed by atoms with Crippen molar-refractivity contribution in [3.05, 3.63) is 53.3 Å². The third kappa shape index (κ3) is 4.80. The Kier molecular flexibility index (Phi) is 6.04. The van der Waals surface area contributed by atoms with Crippen molar-refractivity contribution in [2.24, 2.45) is 0 Å². The third-order valence-electron chi connectivity index (χ3n) is 4.23. The van der Waals surface area contributed by atoms with E-state index < -0.39 is 0 Å². The minimum atomic E-state index is 0.0165. The van der Waals surface area contributed by atoms with Crippen molar-refractivity contribution in [3.8, 4) is 0 Å². The van der Waals surface area contributed by atoms with Gasteiger partial charge in [-0.2, -0.15) is 0 Å². The topological polar surface area (TPSA) is 49.3 Å². The van der Waals surface area contributed by atoms with E-state index in [1.807, 2.05) is 17.9 Å². The number of hydrogen-bond acceptors (Lipinski definition) is 5. The van der Waals surface area contributed by atoms with Gasteiger partial charge in [0.15, 0.2) is 5.16 Å². The molecule has 0 radical (unpaired) electrons. The highest BCUT2D eigenvalue weighted by molar-refractivity contribution is 7.99. The SMILES string of the molecule is CCSc1nc(C)cc(C(=O)N2CCN(Cc3ccccc3)CC2)n1. The van der Waals surface area contributed by atoms with Crippen molar-refractivity contribution in [2.45, 2.75) is 25.5 Å². The van der Waals surface area contributed by atoms with Crippen molar-refractivity contribution in [2.75, 3.05) is 31.9 Å². The predicted octanol–water partition coefficient (Wildman–Crippen LogP) is 2.86. The summed E-state index contributed by atoms with van der Waals surface area (Å²) in [5.41, 5.74) is 2.67. The van der Waals surface area contributed by atoms with E-state index in [1.54, 1.807) is 17.8 Å². The Morgan fingerprint density at radius 3 is 2.52 bits per heavy atom. The second-order valence-electron chi connectivity index (χ2n) is 6.16. The van der Waals surface area contributed by atoms with Gasteiger partial charge >= 0.3 is 0 Å². The van der Waals surface area contributed by atoms with Crippen molar-refractivity contribution < 1.29 is 4.79 Å². The summed E-state index contributed by atoms with van der Waals surface area (Å²) in [6.45, 7) is 8.17. The first-order valence-corrected chi connectivity index (χ1v) is 9.68. The minimum Gasteiger partial charge on any atom is -0.335 e. The van der Waals surface area contributed by atoms with Crippen LogP contribution in [0.2, 0.25) is 0 Å². The number of aromatic nitrogens is 2. The fourth-order valence-corrected chi connectivity index (χ4v) is 3.59. The fourth-order valence-electron chi connectivity index (χ4n) is 2.96. The van der Waals surface area contributed by atoms with E-state index in [1.165, 1.54) is 5.56 Å². The van der Waals surface area contributed by atoms with E-state index in [4.69, 9.17) is 0 Å². The van der Waals surface area contributed by atoms with Crippen LogP contribution in [0.3, 0.4) is 0 Å². The van der Waals surface area contributed by atoms with Gasteiger partial charge in [-0.3, -0.25) is 9.69 Å². The molecule has 2 heterocycles. The maximum atomic E-state index is 12.8. The molecule has 0 atom stereocenters. The summed E-state index contributed by atoms with van der Waals surface area (Å²) in [7, 11) is 0. The lowest BCUT2D eigenvalue weighted by molar-refractivity contribution is 0.0621. The Hall–Kier alpha value is -1.92. The summed E-state index contributed by atoms with van der Waals surface area (Å²) in [5, 5.41) is 0.688. The van der Waals surface area contributed by atoms with Gasteiger partial charge in [-0.05, 0) is 24.3 Å². The molecule has 0 N–H and O–H groups in total. The number of carbonyl (C=O) groups is 1. The summed E-state index contributed by atoms with van der Waals surface area (Å²) in [6.07, 6.45) is 0. The van der Waals surface area contributed by atoms with Gasteiger partial charge in [0.25, 0.3) is 5.91 Å². The first kappa shape index (κ1) is 17.9. The number of thioether (sulfide) groups is 1. The molecule has 0 unspecified atom stereocenters. The molecular weight excluding hydrogens is 332 g/mol. The highest BCUT2D eigenvalue weighted by Crippen LogP contribution is 2.16. The minimum absolute atomic E-state index is 0.0165. The molecule has 5 nitrogen and oxygen atoms in total. The van der Waals surface area contributed by atoms with Crippen LogP contribution in [-0.2, 0) is 6.54 Å². The summed E-state index contributed by atoms with van der Waals surface area (Å²) in [5.74, 6) is 0.915. The Balaban J connectivity index is 1.60. The summed E-state index contributed by atoms with van der Waals surface area (Å²) in [4.78, 5) is 25.9. The molecule has 6 heteroatoms. The molecule has 1 aliphatic rings. The van der Waals surface area contributed by atoms with Crippen LogP contribution in [0.5, 0.6) is 0 Å². The maximum absolute atomic E-state index is 12.8. The second-order valence-corrected chi connectivity index (χ2v) is 7.40. The van der Waals surface area contributed by atoms with Crippen LogP contribution in [0, 0.1) is 6.92 Å². The van der Waals surface area contributed by atoms with Crippen LogP contribution in [-0.4, -0.2) is 57.6 Å². The molecule has 1 fully saturated rings. The molecule has 132 valence electrons. The molecule has 1 aromatic carbocycles. The predicted molar refractivity (Wildman–Crippen MR) is 101 cm³/mol.